The summed E-state index contributed by atoms with van der Waals surface area (Å²) < 4.78 is 0. The zero-order chi connectivity index (χ0) is 40.5. The molecule has 0 aliphatic rings. The van der Waals surface area contributed by atoms with Gasteiger partial charge in [-0.25, -0.2) is 0 Å². The Morgan fingerprint density at radius 2 is 0.559 bits per heavy atom. The molecule has 59 heavy (non-hydrogen) atoms. The average Bonchev–Trinajstić information content (AvgIpc) is 3.28. The first-order valence-electron chi connectivity index (χ1n) is 19.0. The zero-order valence-corrected chi connectivity index (χ0v) is 31.2. The summed E-state index contributed by atoms with van der Waals surface area (Å²) in [5.41, 5.74) is 4.61. The molecule has 0 saturated carbocycles. The standard InChI is InChI=1S/C52H34O7/c53-46-41(35-22-20-31-16-8-10-18-33(31)24-35)47(54)48(55)44-40(38-26-36(28-11-3-1-4-12-28)25-37(27-38)29-13-5-2-6-14-29)45-43(49(56)51(58)52(59)50(45)57)39(42(44)46)34-21-19-30-15-7-9-17-32(30)23-34/h1-27,53-59H. The van der Waals surface area contributed by atoms with E-state index in [-0.39, 0.29) is 38.2 Å². The van der Waals surface area contributed by atoms with E-state index in [0.717, 1.165) is 43.8 Å². The Kier molecular flexibility index (Phi) is 8.07. The van der Waals surface area contributed by atoms with Crippen molar-refractivity contribution in [1.82, 2.24) is 0 Å². The molecule has 0 aromatic heterocycles. The smallest absolute Gasteiger partial charge is 0.204 e. The molecule has 0 spiro atoms. The lowest BCUT2D eigenvalue weighted by Gasteiger charge is -2.24. The predicted octanol–water partition coefficient (Wildman–Crippen LogP) is 12.6. The molecule has 0 unspecified atom stereocenters. The van der Waals surface area contributed by atoms with Crippen molar-refractivity contribution >= 4 is 43.1 Å². The third-order valence-corrected chi connectivity index (χ3v) is 11.3. The van der Waals surface area contributed by atoms with Crippen molar-refractivity contribution < 1.29 is 35.7 Å². The van der Waals surface area contributed by atoms with Gasteiger partial charge in [0.2, 0.25) is 11.5 Å². The van der Waals surface area contributed by atoms with Crippen LogP contribution in [0.5, 0.6) is 40.2 Å². The first-order valence-corrected chi connectivity index (χ1v) is 19.0. The second-order valence-corrected chi connectivity index (χ2v) is 14.7. The minimum atomic E-state index is -0.983. The zero-order valence-electron chi connectivity index (χ0n) is 31.2. The predicted molar refractivity (Wildman–Crippen MR) is 235 cm³/mol. The summed E-state index contributed by atoms with van der Waals surface area (Å²) in [7, 11) is 0. The molecule has 10 aromatic carbocycles. The van der Waals surface area contributed by atoms with E-state index in [4.69, 9.17) is 0 Å². The Balaban J connectivity index is 1.45. The summed E-state index contributed by atoms with van der Waals surface area (Å²) in [5, 5.41) is 87.1. The second kappa shape index (κ2) is 13.5. The molecule has 7 nitrogen and oxygen atoms in total. The van der Waals surface area contributed by atoms with Gasteiger partial charge in [-0.2, -0.15) is 0 Å². The summed E-state index contributed by atoms with van der Waals surface area (Å²) in [6.07, 6.45) is 0. The summed E-state index contributed by atoms with van der Waals surface area (Å²) in [4.78, 5) is 0. The second-order valence-electron chi connectivity index (χ2n) is 14.7. The van der Waals surface area contributed by atoms with E-state index in [0.29, 0.717) is 16.7 Å². The Morgan fingerprint density at radius 3 is 1.03 bits per heavy atom. The lowest BCUT2D eigenvalue weighted by Crippen LogP contribution is -1.96. The van der Waals surface area contributed by atoms with Crippen LogP contribution in [-0.4, -0.2) is 35.7 Å². The number of phenolic OH excluding ortho intramolecular Hbond substituents is 7. The minimum Gasteiger partial charge on any atom is -0.506 e. The van der Waals surface area contributed by atoms with Crippen molar-refractivity contribution in [1.29, 1.82) is 0 Å². The van der Waals surface area contributed by atoms with Crippen LogP contribution in [0, 0.1) is 0 Å². The van der Waals surface area contributed by atoms with E-state index < -0.39 is 40.2 Å². The van der Waals surface area contributed by atoms with Gasteiger partial charge in [0.05, 0.1) is 5.56 Å². The van der Waals surface area contributed by atoms with Crippen LogP contribution in [0.4, 0.5) is 0 Å². The summed E-state index contributed by atoms with van der Waals surface area (Å²) in [5.74, 6) is -5.15. The molecule has 0 fully saturated rings. The first kappa shape index (κ1) is 35.3. The molecule has 0 aliphatic heterocycles. The highest BCUT2D eigenvalue weighted by atomic mass is 16.3. The van der Waals surface area contributed by atoms with Gasteiger partial charge in [-0.15, -0.1) is 0 Å². The Labute approximate surface area is 337 Å². The van der Waals surface area contributed by atoms with Gasteiger partial charge in [0.1, 0.15) is 5.75 Å². The van der Waals surface area contributed by atoms with Gasteiger partial charge in [0, 0.05) is 32.7 Å². The highest BCUT2D eigenvalue weighted by molar-refractivity contribution is 6.30. The monoisotopic (exact) mass is 770 g/mol. The largest absolute Gasteiger partial charge is 0.506 e. The van der Waals surface area contributed by atoms with Crippen LogP contribution in [0.2, 0.25) is 0 Å². The minimum absolute atomic E-state index is 0.0207. The van der Waals surface area contributed by atoms with E-state index in [2.05, 4.69) is 0 Å². The number of benzene rings is 10. The third kappa shape index (κ3) is 5.51. The molecule has 0 bridgehead atoms. The number of hydrogen-bond acceptors (Lipinski definition) is 7. The lowest BCUT2D eigenvalue weighted by atomic mass is 9.81. The molecule has 10 rings (SSSR count). The topological polar surface area (TPSA) is 142 Å². The van der Waals surface area contributed by atoms with Crippen molar-refractivity contribution in [2.45, 2.75) is 0 Å². The molecule has 10 aromatic rings. The molecule has 0 heterocycles. The molecule has 284 valence electrons. The fourth-order valence-corrected chi connectivity index (χ4v) is 8.54. The molecule has 0 saturated heterocycles. The molecular formula is C52H34O7. The molecule has 0 aliphatic carbocycles. The molecule has 7 heteroatoms. The normalized spacial score (nSPS) is 11.5. The number of rotatable bonds is 5. The molecule has 0 amide bonds. The summed E-state index contributed by atoms with van der Waals surface area (Å²) in [6.45, 7) is 0. The lowest BCUT2D eigenvalue weighted by molar-refractivity contribution is 0.351. The van der Waals surface area contributed by atoms with E-state index in [9.17, 15) is 35.7 Å². The van der Waals surface area contributed by atoms with Gasteiger partial charge >= 0.3 is 0 Å². The van der Waals surface area contributed by atoms with Gasteiger partial charge in [0.15, 0.2) is 23.0 Å². The van der Waals surface area contributed by atoms with Gasteiger partial charge in [-0.3, -0.25) is 0 Å². The maximum Gasteiger partial charge on any atom is 0.204 e. The van der Waals surface area contributed by atoms with Gasteiger partial charge in [-0.05, 0) is 90.8 Å². The SMILES string of the molecule is Oc1c(O)c(O)c2c(-c3ccc4ccccc4c3)c3c(O)c(-c4ccc5ccccc5c4)c(O)c(O)c3c(-c3cc(-c4ccccc4)cc(-c4ccccc4)c3)c2c1O. The van der Waals surface area contributed by atoms with Crippen LogP contribution >= 0.6 is 0 Å². The highest BCUT2D eigenvalue weighted by Gasteiger charge is 2.33. The summed E-state index contributed by atoms with van der Waals surface area (Å²) in [6, 6.07) is 51.1. The maximum absolute atomic E-state index is 12.8. The van der Waals surface area contributed by atoms with Gasteiger partial charge in [-0.1, -0.05) is 133 Å². The van der Waals surface area contributed by atoms with E-state index in [1.54, 1.807) is 18.2 Å². The number of fused-ring (bicyclic) bond motifs is 4. The molecule has 0 atom stereocenters. The van der Waals surface area contributed by atoms with Crippen LogP contribution in [0.3, 0.4) is 0 Å². The fourth-order valence-electron chi connectivity index (χ4n) is 8.54. The molecular weight excluding hydrogens is 737 g/mol. The quantitative estimate of drug-likeness (QED) is 0.0525. The van der Waals surface area contributed by atoms with Gasteiger partial charge < -0.3 is 35.7 Å². The summed E-state index contributed by atoms with van der Waals surface area (Å²) >= 11 is 0. The van der Waals surface area contributed by atoms with Crippen molar-refractivity contribution in [2.75, 3.05) is 0 Å². The number of aromatic hydroxyl groups is 7. The van der Waals surface area contributed by atoms with Crippen LogP contribution in [0.25, 0.3) is 98.7 Å². The third-order valence-electron chi connectivity index (χ3n) is 11.3. The van der Waals surface area contributed by atoms with Crippen LogP contribution in [0.1, 0.15) is 0 Å². The Morgan fingerprint density at radius 1 is 0.203 bits per heavy atom. The molecule has 0 radical (unpaired) electrons. The number of phenols is 7. The van der Waals surface area contributed by atoms with E-state index in [1.807, 2.05) is 146 Å². The van der Waals surface area contributed by atoms with Crippen molar-refractivity contribution in [3.63, 3.8) is 0 Å². The molecule has 7 N–H and O–H groups in total. The Hall–Kier alpha value is -8.16. The van der Waals surface area contributed by atoms with Crippen LogP contribution in [-0.2, 0) is 0 Å². The average molecular weight is 771 g/mol. The van der Waals surface area contributed by atoms with E-state index >= 15 is 0 Å². The highest BCUT2D eigenvalue weighted by Crippen LogP contribution is 2.62. The van der Waals surface area contributed by atoms with Crippen LogP contribution in [0.15, 0.2) is 164 Å². The Bertz CT molecular complexity index is 3280. The van der Waals surface area contributed by atoms with Crippen molar-refractivity contribution in [3.8, 4) is 95.9 Å². The number of hydrogen-bond donors (Lipinski definition) is 7. The first-order chi connectivity index (χ1) is 28.7. The van der Waals surface area contributed by atoms with Crippen LogP contribution < -0.4 is 0 Å². The fraction of sp³-hybridized carbons (Fsp3) is 0. The van der Waals surface area contributed by atoms with E-state index in [1.165, 1.54) is 0 Å². The van der Waals surface area contributed by atoms with Crippen molar-refractivity contribution in [2.24, 2.45) is 0 Å². The van der Waals surface area contributed by atoms with Crippen molar-refractivity contribution in [3.05, 3.63) is 164 Å². The van der Waals surface area contributed by atoms with Gasteiger partial charge in [0.25, 0.3) is 0 Å². The maximum atomic E-state index is 12.8.